The fourth-order valence-electron chi connectivity index (χ4n) is 8.11. The van der Waals surface area contributed by atoms with Crippen LogP contribution in [0.4, 0.5) is 0 Å². The van der Waals surface area contributed by atoms with Crippen molar-refractivity contribution < 1.29 is 42.7 Å². The molecule has 11 heteroatoms. The first-order chi connectivity index (χ1) is 35.7. The number of hydrogen-bond acceptors (Lipinski definition) is 9. The maximum Gasteiger partial charge on any atom is 0.338 e. The third kappa shape index (κ3) is 14.8. The van der Waals surface area contributed by atoms with E-state index in [0.29, 0.717) is 50.8 Å². The minimum Gasteiger partial charge on any atom is -0.462 e. The van der Waals surface area contributed by atoms with E-state index in [9.17, 15) is 9.59 Å². The molecule has 0 bridgehead atoms. The van der Waals surface area contributed by atoms with Crippen LogP contribution >= 0.6 is 20.8 Å². The second-order valence-electron chi connectivity index (χ2n) is 16.5. The van der Waals surface area contributed by atoms with Crippen LogP contribution in [-0.2, 0) is 39.3 Å². The first-order valence-electron chi connectivity index (χ1n) is 24.0. The largest absolute Gasteiger partial charge is 0.462 e. The SMILES string of the molecule is BrP(Cc1ccc(C2OCCO2)cc1)(c1ccccc1)(c1ccccc1)c1ccccc1.C.CCOC(=O)c1ccc(C#CC=Cc2ccc(C3OCCO3)cc2)cc1.CCOC(=O)c1ccc(C#COC)cc1. The second-order valence-corrected chi connectivity index (χ2v) is 25.5. The fraction of sp³-hybridized carbons (Fsp3) is 0.206. The van der Waals surface area contributed by atoms with Gasteiger partial charge in [0, 0.05) is 16.7 Å². The molecule has 0 atom stereocenters. The molecule has 0 radical (unpaired) electrons. The second kappa shape index (κ2) is 28.4. The molecule has 0 amide bonds. The average Bonchev–Trinajstić information content (AvgIpc) is 4.23. The monoisotopic (exact) mass is 1070 g/mol. The van der Waals surface area contributed by atoms with Gasteiger partial charge >= 0.3 is 210 Å². The molecular formula is C63H62BrO9P. The Morgan fingerprint density at radius 3 is 1.34 bits per heavy atom. The summed E-state index contributed by atoms with van der Waals surface area (Å²) in [5.41, 5.74) is 7.12. The van der Waals surface area contributed by atoms with E-state index in [1.165, 1.54) is 28.6 Å². The van der Waals surface area contributed by atoms with Crippen molar-refractivity contribution in [3.63, 3.8) is 0 Å². The Bertz CT molecular complexity index is 2890. The van der Waals surface area contributed by atoms with Crippen molar-refractivity contribution in [2.24, 2.45) is 0 Å². The van der Waals surface area contributed by atoms with Gasteiger partial charge in [-0.05, 0) is 86.0 Å². The smallest absolute Gasteiger partial charge is 0.338 e. The van der Waals surface area contributed by atoms with Gasteiger partial charge in [0.25, 0.3) is 0 Å². The van der Waals surface area contributed by atoms with E-state index in [4.69, 9.17) is 28.4 Å². The topological polar surface area (TPSA) is 98.8 Å². The Hall–Kier alpha value is -7.11. The molecule has 2 fully saturated rings. The molecule has 2 heterocycles. The Morgan fingerprint density at radius 2 is 0.946 bits per heavy atom. The molecular weight excluding hydrogens is 1010 g/mol. The molecule has 0 spiro atoms. The zero-order valence-corrected chi connectivity index (χ0v) is 43.6. The van der Waals surface area contributed by atoms with Gasteiger partial charge < -0.3 is 23.7 Å². The number of allylic oxidation sites excluding steroid dienone is 1. The van der Waals surface area contributed by atoms with Gasteiger partial charge in [0.1, 0.15) is 6.11 Å². The molecule has 7 aromatic rings. The zero-order chi connectivity index (χ0) is 51.2. The Kier molecular flexibility index (Phi) is 21.5. The van der Waals surface area contributed by atoms with Crippen molar-refractivity contribution in [3.8, 4) is 23.9 Å². The third-order valence-corrected chi connectivity index (χ3v) is 21.3. The first-order valence-corrected chi connectivity index (χ1v) is 28.5. The van der Waals surface area contributed by atoms with Crippen molar-refractivity contribution in [2.75, 3.05) is 46.8 Å². The molecule has 7 aromatic carbocycles. The number of esters is 2. The first kappa shape index (κ1) is 56.2. The van der Waals surface area contributed by atoms with Gasteiger partial charge in [-0.3, -0.25) is 0 Å². The normalized spacial score (nSPS) is 13.6. The van der Waals surface area contributed by atoms with Crippen molar-refractivity contribution in [3.05, 3.63) is 239 Å². The van der Waals surface area contributed by atoms with Gasteiger partial charge in [0.15, 0.2) is 6.29 Å². The predicted molar refractivity (Wildman–Crippen MR) is 301 cm³/mol. The summed E-state index contributed by atoms with van der Waals surface area (Å²) in [6.07, 6.45) is 6.60. The Labute approximate surface area is 444 Å². The number of hydrogen-bond donors (Lipinski definition) is 0. The van der Waals surface area contributed by atoms with E-state index in [1.807, 2.05) is 42.5 Å². The summed E-state index contributed by atoms with van der Waals surface area (Å²) in [7, 11) is 1.50. The van der Waals surface area contributed by atoms with Crippen LogP contribution in [0.1, 0.15) is 88.0 Å². The Morgan fingerprint density at radius 1 is 0.554 bits per heavy atom. The van der Waals surface area contributed by atoms with Gasteiger partial charge in [0.2, 0.25) is 0 Å². The van der Waals surface area contributed by atoms with Crippen LogP contribution in [0.25, 0.3) is 6.08 Å². The maximum absolute atomic E-state index is 11.6. The molecule has 0 unspecified atom stereocenters. The number of ether oxygens (including phenoxy) is 7. The quantitative estimate of drug-likeness (QED) is 0.0673. The summed E-state index contributed by atoms with van der Waals surface area (Å²) < 4.78 is 36.7. The minimum absolute atomic E-state index is 0. The molecule has 2 aliphatic rings. The Balaban J connectivity index is 0.000000191. The van der Waals surface area contributed by atoms with Crippen molar-refractivity contribution in [2.45, 2.75) is 40.0 Å². The van der Waals surface area contributed by atoms with Gasteiger partial charge in [-0.2, -0.15) is 0 Å². The number of benzene rings is 7. The maximum atomic E-state index is 11.6. The molecule has 380 valence electrons. The van der Waals surface area contributed by atoms with E-state index in [-0.39, 0.29) is 31.9 Å². The van der Waals surface area contributed by atoms with Crippen LogP contribution in [-0.4, -0.2) is 58.7 Å². The van der Waals surface area contributed by atoms with Crippen molar-refractivity contribution >= 4 is 54.7 Å². The van der Waals surface area contributed by atoms with Crippen LogP contribution in [0.5, 0.6) is 0 Å². The molecule has 9 nitrogen and oxygen atoms in total. The fourth-order valence-corrected chi connectivity index (χ4v) is 15.8. The molecule has 2 aliphatic heterocycles. The molecule has 74 heavy (non-hydrogen) atoms. The molecule has 0 saturated carbocycles. The molecule has 9 rings (SSSR count). The van der Waals surface area contributed by atoms with Gasteiger partial charge in [0.05, 0.1) is 44.7 Å². The third-order valence-electron chi connectivity index (χ3n) is 11.7. The summed E-state index contributed by atoms with van der Waals surface area (Å²) in [4.78, 5) is 22.9. The van der Waals surface area contributed by atoms with Crippen LogP contribution in [0.2, 0.25) is 0 Å². The van der Waals surface area contributed by atoms with Gasteiger partial charge in [-0.15, -0.1) is 0 Å². The predicted octanol–water partition coefficient (Wildman–Crippen LogP) is 12.5. The number of carbonyl (C=O) groups is 2. The van der Waals surface area contributed by atoms with E-state index >= 15 is 0 Å². The summed E-state index contributed by atoms with van der Waals surface area (Å²) in [5.74, 6) is 8.17. The van der Waals surface area contributed by atoms with Crippen molar-refractivity contribution in [1.29, 1.82) is 0 Å². The van der Waals surface area contributed by atoms with Crippen LogP contribution in [0.3, 0.4) is 0 Å². The summed E-state index contributed by atoms with van der Waals surface area (Å²) >= 11 is 4.52. The van der Waals surface area contributed by atoms with Crippen LogP contribution in [0, 0.1) is 23.9 Å². The number of methoxy groups -OCH3 is 1. The zero-order valence-electron chi connectivity index (χ0n) is 41.2. The molecule has 0 aliphatic carbocycles. The van der Waals surface area contributed by atoms with E-state index in [1.54, 1.807) is 56.3 Å². The van der Waals surface area contributed by atoms with E-state index in [2.05, 4.69) is 159 Å². The van der Waals surface area contributed by atoms with Gasteiger partial charge in [-0.25, -0.2) is 9.59 Å². The minimum atomic E-state index is -2.98. The number of carbonyl (C=O) groups excluding carboxylic acids is 2. The molecule has 0 N–H and O–H groups in total. The standard InChI is InChI=1S/C28H26BrO2P.C22H20O4.C12H12O3.CH4/c29-32(25-10-4-1-5-11-25,26-12-6-2-7-13-26,27-14-8-3-9-15-27)22-23-16-18-24(19-17-23)28-30-20-21-31-28;1-2-24-21(23)19-11-7-17(8-12-19)5-3-4-6-18-9-13-20(14-10-18)22-25-15-16-26-22;1-3-15-12(13)11-6-4-10(5-7-11)8-9-14-2;/h1-19,28H,20-22H2;4,6-14,22H,2,15-16H2,1H3;4-7H,3H2,1-2H3;1H4. The van der Waals surface area contributed by atoms with Crippen LogP contribution in [0.15, 0.2) is 194 Å². The van der Waals surface area contributed by atoms with E-state index in [0.717, 1.165) is 34.0 Å². The molecule has 0 aromatic heterocycles. The molecule has 2 saturated heterocycles. The summed E-state index contributed by atoms with van der Waals surface area (Å²) in [6, 6.07) is 63.3. The average molecular weight is 1070 g/mol. The number of halogens is 1. The van der Waals surface area contributed by atoms with Gasteiger partial charge in [-0.1, -0.05) is 43.5 Å². The van der Waals surface area contributed by atoms with Crippen molar-refractivity contribution in [1.82, 2.24) is 0 Å². The van der Waals surface area contributed by atoms with E-state index < -0.39 is 5.31 Å². The summed E-state index contributed by atoms with van der Waals surface area (Å²) in [5, 5.41) is 0.984. The summed E-state index contributed by atoms with van der Waals surface area (Å²) in [6.45, 7) is 6.90. The van der Waals surface area contributed by atoms with Crippen LogP contribution < -0.4 is 15.9 Å². The number of rotatable bonds is 12.